The molecule has 1 aliphatic rings. The Morgan fingerprint density at radius 1 is 1.32 bits per heavy atom. The summed E-state index contributed by atoms with van der Waals surface area (Å²) in [6.45, 7) is 8.74. The highest BCUT2D eigenvalue weighted by atomic mass is 16.5. The Balaban J connectivity index is 1.36. The van der Waals surface area contributed by atoms with Crippen molar-refractivity contribution in [1.29, 1.82) is 0 Å². The van der Waals surface area contributed by atoms with Crippen molar-refractivity contribution in [3.05, 3.63) is 41.5 Å². The number of ether oxygens (including phenoxy) is 1. The molecular formula is C19H28N4O2. The number of para-hydroxylation sites is 1. The Labute approximate surface area is 149 Å². The topological polar surface area (TPSA) is 54.6 Å². The van der Waals surface area contributed by atoms with Gasteiger partial charge in [0, 0.05) is 26.1 Å². The highest BCUT2D eigenvalue weighted by Crippen LogP contribution is 2.18. The molecule has 1 fully saturated rings. The Hall–Kier alpha value is -1.92. The van der Waals surface area contributed by atoms with Gasteiger partial charge in [0.25, 0.3) is 0 Å². The Morgan fingerprint density at radius 3 is 2.92 bits per heavy atom. The smallest absolute Gasteiger partial charge is 0.223 e. The van der Waals surface area contributed by atoms with Crippen LogP contribution in [0.1, 0.15) is 30.1 Å². The number of hydrogen-bond acceptors (Lipinski definition) is 6. The van der Waals surface area contributed by atoms with Crippen LogP contribution in [-0.2, 0) is 6.54 Å². The first kappa shape index (κ1) is 17.9. The lowest BCUT2D eigenvalue weighted by Crippen LogP contribution is -2.34. The first-order valence-corrected chi connectivity index (χ1v) is 9.02. The maximum absolute atomic E-state index is 5.89. The van der Waals surface area contributed by atoms with Crippen LogP contribution in [-0.4, -0.2) is 59.3 Å². The van der Waals surface area contributed by atoms with Crippen LogP contribution >= 0.6 is 0 Å². The molecule has 0 bridgehead atoms. The van der Waals surface area contributed by atoms with E-state index in [0.717, 1.165) is 50.8 Å². The fraction of sp³-hybridized carbons (Fsp3) is 0.579. The van der Waals surface area contributed by atoms with Crippen molar-refractivity contribution < 1.29 is 9.26 Å². The molecule has 6 heteroatoms. The molecule has 25 heavy (non-hydrogen) atoms. The summed E-state index contributed by atoms with van der Waals surface area (Å²) in [5.74, 6) is 2.40. The number of benzene rings is 1. The lowest BCUT2D eigenvalue weighted by molar-refractivity contribution is 0.210. The van der Waals surface area contributed by atoms with Crippen LogP contribution in [0.2, 0.25) is 0 Å². The van der Waals surface area contributed by atoms with Crippen molar-refractivity contribution in [2.24, 2.45) is 0 Å². The quantitative estimate of drug-likeness (QED) is 0.686. The minimum atomic E-state index is 0.552. The third-order valence-electron chi connectivity index (χ3n) is 4.80. The zero-order valence-corrected chi connectivity index (χ0v) is 15.4. The average molecular weight is 344 g/mol. The molecule has 0 radical (unpaired) electrons. The van der Waals surface area contributed by atoms with Gasteiger partial charge in [-0.1, -0.05) is 23.4 Å². The van der Waals surface area contributed by atoms with Crippen LogP contribution < -0.4 is 4.74 Å². The number of nitrogens with zero attached hydrogens (tertiary/aromatic N) is 4. The molecule has 3 rings (SSSR count). The van der Waals surface area contributed by atoms with Crippen LogP contribution in [0.25, 0.3) is 0 Å². The molecule has 2 aromatic rings. The molecule has 1 atom stereocenters. The van der Waals surface area contributed by atoms with E-state index < -0.39 is 0 Å². The van der Waals surface area contributed by atoms with Gasteiger partial charge in [-0.2, -0.15) is 4.98 Å². The first-order valence-electron chi connectivity index (χ1n) is 9.02. The molecule has 0 spiro atoms. The van der Waals surface area contributed by atoms with Crippen molar-refractivity contribution in [2.45, 2.75) is 39.3 Å². The van der Waals surface area contributed by atoms with Crippen molar-refractivity contribution in [3.63, 3.8) is 0 Å². The summed E-state index contributed by atoms with van der Waals surface area (Å²) in [7, 11) is 2.14. The summed E-state index contributed by atoms with van der Waals surface area (Å²) >= 11 is 0. The summed E-state index contributed by atoms with van der Waals surface area (Å²) in [5, 5.41) is 3.98. The third kappa shape index (κ3) is 5.03. The second-order valence-electron chi connectivity index (χ2n) is 6.86. The number of aromatic nitrogens is 2. The van der Waals surface area contributed by atoms with Crippen molar-refractivity contribution >= 4 is 0 Å². The van der Waals surface area contributed by atoms with E-state index in [2.05, 4.69) is 40.0 Å². The average Bonchev–Trinajstić information content (AvgIpc) is 3.22. The highest BCUT2D eigenvalue weighted by molar-refractivity contribution is 5.31. The number of aryl methyl sites for hydroxylation is 2. The molecule has 0 aliphatic carbocycles. The van der Waals surface area contributed by atoms with Crippen LogP contribution in [0.3, 0.4) is 0 Å². The molecule has 1 saturated heterocycles. The second kappa shape index (κ2) is 8.45. The van der Waals surface area contributed by atoms with Crippen LogP contribution in [0.5, 0.6) is 5.75 Å². The Kier molecular flexibility index (Phi) is 6.04. The van der Waals surface area contributed by atoms with Gasteiger partial charge in [-0.25, -0.2) is 0 Å². The van der Waals surface area contributed by atoms with Gasteiger partial charge in [0.15, 0.2) is 5.82 Å². The van der Waals surface area contributed by atoms with Gasteiger partial charge < -0.3 is 14.2 Å². The van der Waals surface area contributed by atoms with E-state index in [1.165, 1.54) is 12.0 Å². The molecule has 6 nitrogen and oxygen atoms in total. The van der Waals surface area contributed by atoms with Gasteiger partial charge in [0.05, 0.1) is 13.2 Å². The molecule has 0 N–H and O–H groups in total. The Morgan fingerprint density at radius 2 is 2.16 bits per heavy atom. The minimum Gasteiger partial charge on any atom is -0.493 e. The van der Waals surface area contributed by atoms with Crippen molar-refractivity contribution in [2.75, 3.05) is 33.3 Å². The summed E-state index contributed by atoms with van der Waals surface area (Å²) < 4.78 is 10.9. The summed E-state index contributed by atoms with van der Waals surface area (Å²) in [5.41, 5.74) is 1.20. The first-order chi connectivity index (χ1) is 12.1. The van der Waals surface area contributed by atoms with Gasteiger partial charge in [-0.05, 0) is 45.0 Å². The fourth-order valence-corrected chi connectivity index (χ4v) is 3.32. The standard InChI is InChI=1S/C19H28N4O2/c1-15-7-4-5-8-18(15)24-12-6-10-23-11-9-17(13-23)22(3)14-19-20-16(2)25-21-19/h4-5,7-8,17H,6,9-14H2,1-3H3/t17-/m0/s1. The molecule has 0 saturated carbocycles. The van der Waals surface area contributed by atoms with Crippen LogP contribution in [0.15, 0.2) is 28.8 Å². The minimum absolute atomic E-state index is 0.552. The summed E-state index contributed by atoms with van der Waals surface area (Å²) in [6.07, 6.45) is 2.24. The Bertz CT molecular complexity index is 673. The summed E-state index contributed by atoms with van der Waals surface area (Å²) in [6, 6.07) is 8.74. The van der Waals surface area contributed by atoms with E-state index >= 15 is 0 Å². The largest absolute Gasteiger partial charge is 0.493 e. The van der Waals surface area contributed by atoms with Gasteiger partial charge in [-0.15, -0.1) is 0 Å². The lowest BCUT2D eigenvalue weighted by atomic mass is 10.2. The van der Waals surface area contributed by atoms with E-state index in [4.69, 9.17) is 9.26 Å². The number of hydrogen-bond donors (Lipinski definition) is 0. The summed E-state index contributed by atoms with van der Waals surface area (Å²) in [4.78, 5) is 9.13. The fourth-order valence-electron chi connectivity index (χ4n) is 3.32. The normalized spacial score (nSPS) is 18.2. The lowest BCUT2D eigenvalue weighted by Gasteiger charge is -2.23. The number of likely N-dealkylation sites (N-methyl/N-ethyl adjacent to an activating group) is 1. The molecular weight excluding hydrogens is 316 g/mol. The van der Waals surface area contributed by atoms with Crippen LogP contribution in [0.4, 0.5) is 0 Å². The maximum Gasteiger partial charge on any atom is 0.223 e. The van der Waals surface area contributed by atoms with Gasteiger partial charge in [-0.3, -0.25) is 4.90 Å². The third-order valence-corrected chi connectivity index (χ3v) is 4.80. The van der Waals surface area contributed by atoms with Crippen molar-refractivity contribution in [3.8, 4) is 5.75 Å². The van der Waals surface area contributed by atoms with Crippen molar-refractivity contribution in [1.82, 2.24) is 19.9 Å². The van der Waals surface area contributed by atoms with Gasteiger partial charge in [0.2, 0.25) is 5.89 Å². The highest BCUT2D eigenvalue weighted by Gasteiger charge is 2.26. The van der Waals surface area contributed by atoms with E-state index in [9.17, 15) is 0 Å². The monoisotopic (exact) mass is 344 g/mol. The maximum atomic E-state index is 5.89. The number of likely N-dealkylation sites (tertiary alicyclic amines) is 1. The van der Waals surface area contributed by atoms with E-state index in [1.54, 1.807) is 0 Å². The van der Waals surface area contributed by atoms with E-state index in [1.807, 2.05) is 25.1 Å². The zero-order valence-electron chi connectivity index (χ0n) is 15.4. The predicted octanol–water partition coefficient (Wildman–Crippen LogP) is 2.66. The predicted molar refractivity (Wildman–Crippen MR) is 96.6 cm³/mol. The molecule has 0 unspecified atom stereocenters. The second-order valence-corrected chi connectivity index (χ2v) is 6.86. The molecule has 2 heterocycles. The molecule has 1 aliphatic heterocycles. The van der Waals surface area contributed by atoms with Gasteiger partial charge >= 0.3 is 0 Å². The SMILES string of the molecule is Cc1nc(CN(C)[C@H]2CCN(CCCOc3ccccc3C)C2)no1. The zero-order chi connectivity index (χ0) is 17.6. The molecule has 0 amide bonds. The van der Waals surface area contributed by atoms with Crippen LogP contribution in [0, 0.1) is 13.8 Å². The van der Waals surface area contributed by atoms with Gasteiger partial charge in [0.1, 0.15) is 5.75 Å². The van der Waals surface area contributed by atoms with E-state index in [0.29, 0.717) is 11.9 Å². The number of rotatable bonds is 8. The van der Waals surface area contributed by atoms with E-state index in [-0.39, 0.29) is 0 Å². The molecule has 136 valence electrons. The molecule has 1 aromatic heterocycles. The molecule has 1 aromatic carbocycles.